The SMILES string of the molecule is CNC1CCC(NC(=O)c2ccc(-c3ccc(C[C@H](CC(=O)C4CCC(CN)CC4)C(=O)Nc4ccc(-c5nn[nH]n5)cc4)cc3)c(C)c2)CC1. The molecule has 2 aliphatic rings. The summed E-state index contributed by atoms with van der Waals surface area (Å²) < 4.78 is 0. The van der Waals surface area contributed by atoms with E-state index in [0.717, 1.165) is 79.2 Å². The largest absolute Gasteiger partial charge is 0.349 e. The van der Waals surface area contributed by atoms with Gasteiger partial charge in [0.25, 0.3) is 5.91 Å². The number of ketones is 1. The highest BCUT2D eigenvalue weighted by atomic mass is 16.2. The summed E-state index contributed by atoms with van der Waals surface area (Å²) in [6.45, 7) is 2.69. The lowest BCUT2D eigenvalue weighted by atomic mass is 9.77. The van der Waals surface area contributed by atoms with Crippen molar-refractivity contribution in [2.75, 3.05) is 18.9 Å². The van der Waals surface area contributed by atoms with Gasteiger partial charge in [-0.25, -0.2) is 0 Å². The van der Waals surface area contributed by atoms with Gasteiger partial charge in [-0.2, -0.15) is 5.21 Å². The Kier molecular flexibility index (Phi) is 12.0. The number of benzene rings is 3. The van der Waals surface area contributed by atoms with Crippen molar-refractivity contribution in [3.8, 4) is 22.5 Å². The van der Waals surface area contributed by atoms with Crippen LogP contribution in [0.5, 0.6) is 0 Å². The van der Waals surface area contributed by atoms with Gasteiger partial charge in [0, 0.05) is 47.2 Å². The smallest absolute Gasteiger partial charge is 0.251 e. The minimum Gasteiger partial charge on any atom is -0.349 e. The van der Waals surface area contributed by atoms with Crippen LogP contribution in [-0.4, -0.2) is 63.9 Å². The molecule has 0 bridgehead atoms. The van der Waals surface area contributed by atoms with Crippen molar-refractivity contribution < 1.29 is 14.4 Å². The maximum Gasteiger partial charge on any atom is 0.251 e. The van der Waals surface area contributed by atoms with Crippen LogP contribution in [0.15, 0.2) is 66.7 Å². The van der Waals surface area contributed by atoms with E-state index >= 15 is 0 Å². The molecule has 0 aliphatic heterocycles. The van der Waals surface area contributed by atoms with Crippen molar-refractivity contribution in [1.82, 2.24) is 31.3 Å². The highest BCUT2D eigenvalue weighted by Crippen LogP contribution is 2.32. The molecular weight excluding hydrogens is 640 g/mol. The number of H-pyrrole nitrogens is 1. The second-order valence-corrected chi connectivity index (χ2v) is 14.4. The van der Waals surface area contributed by atoms with Crippen LogP contribution in [0.2, 0.25) is 0 Å². The Labute approximate surface area is 300 Å². The van der Waals surface area contributed by atoms with E-state index in [2.05, 4.69) is 48.7 Å². The molecule has 1 atom stereocenters. The molecule has 6 rings (SSSR count). The van der Waals surface area contributed by atoms with E-state index in [4.69, 9.17) is 5.73 Å². The molecule has 2 fully saturated rings. The predicted molar refractivity (Wildman–Crippen MR) is 199 cm³/mol. The molecule has 1 aromatic heterocycles. The van der Waals surface area contributed by atoms with Gasteiger partial charge in [0.2, 0.25) is 11.7 Å². The summed E-state index contributed by atoms with van der Waals surface area (Å²) in [7, 11) is 2.00. The lowest BCUT2D eigenvalue weighted by molar-refractivity contribution is -0.129. The molecule has 11 heteroatoms. The molecule has 2 amide bonds. The third-order valence-corrected chi connectivity index (χ3v) is 10.9. The zero-order valence-corrected chi connectivity index (χ0v) is 29.7. The molecule has 0 radical (unpaired) electrons. The van der Waals surface area contributed by atoms with Gasteiger partial charge in [0.1, 0.15) is 5.78 Å². The van der Waals surface area contributed by atoms with Crippen molar-refractivity contribution in [2.24, 2.45) is 23.5 Å². The number of aromatic amines is 1. The molecule has 4 aromatic rings. The summed E-state index contributed by atoms with van der Waals surface area (Å²) in [5.41, 5.74) is 12.0. The van der Waals surface area contributed by atoms with Crippen LogP contribution in [0.4, 0.5) is 5.69 Å². The molecule has 51 heavy (non-hydrogen) atoms. The van der Waals surface area contributed by atoms with Gasteiger partial charge in [0.05, 0.1) is 0 Å². The first-order valence-electron chi connectivity index (χ1n) is 18.3. The molecule has 2 aliphatic carbocycles. The summed E-state index contributed by atoms with van der Waals surface area (Å²) in [6.07, 6.45) is 8.33. The van der Waals surface area contributed by atoms with Crippen molar-refractivity contribution in [3.63, 3.8) is 0 Å². The minimum atomic E-state index is -0.528. The van der Waals surface area contributed by atoms with Gasteiger partial charge >= 0.3 is 0 Å². The monoisotopic (exact) mass is 690 g/mol. The van der Waals surface area contributed by atoms with Gasteiger partial charge < -0.3 is 21.7 Å². The topological polar surface area (TPSA) is 168 Å². The van der Waals surface area contributed by atoms with Crippen molar-refractivity contribution in [3.05, 3.63) is 83.4 Å². The van der Waals surface area contributed by atoms with Crippen LogP contribution in [-0.2, 0) is 16.0 Å². The predicted octanol–water partition coefficient (Wildman–Crippen LogP) is 5.62. The van der Waals surface area contributed by atoms with Crippen LogP contribution < -0.4 is 21.7 Å². The lowest BCUT2D eigenvalue weighted by Crippen LogP contribution is -2.41. The summed E-state index contributed by atoms with van der Waals surface area (Å²) in [4.78, 5) is 40.4. The van der Waals surface area contributed by atoms with Crippen molar-refractivity contribution >= 4 is 23.3 Å². The zero-order chi connectivity index (χ0) is 35.7. The first-order chi connectivity index (χ1) is 24.8. The number of rotatable bonds is 13. The quantitative estimate of drug-likeness (QED) is 0.120. The van der Waals surface area contributed by atoms with Crippen LogP contribution in [0, 0.1) is 24.7 Å². The van der Waals surface area contributed by atoms with Gasteiger partial charge in [-0.15, -0.1) is 10.2 Å². The van der Waals surface area contributed by atoms with E-state index in [1.165, 1.54) is 0 Å². The second-order valence-electron chi connectivity index (χ2n) is 14.4. The number of nitrogens with two attached hydrogens (primary N) is 1. The summed E-state index contributed by atoms with van der Waals surface area (Å²) in [5.74, 6) is 0.338. The van der Waals surface area contributed by atoms with E-state index in [1.54, 1.807) is 12.1 Å². The number of Topliss-reactive ketones (excluding diaryl/α,β-unsaturated/α-hetero) is 1. The Morgan fingerprint density at radius 3 is 2.18 bits per heavy atom. The molecule has 268 valence electrons. The average Bonchev–Trinajstić information content (AvgIpc) is 3.71. The zero-order valence-electron chi connectivity index (χ0n) is 29.7. The normalized spacial score (nSPS) is 21.1. The molecule has 11 nitrogen and oxygen atoms in total. The van der Waals surface area contributed by atoms with E-state index in [0.29, 0.717) is 42.0 Å². The van der Waals surface area contributed by atoms with Crippen molar-refractivity contribution in [2.45, 2.75) is 83.2 Å². The maximum atomic E-state index is 13.8. The standard InChI is InChI=1S/C40H50N8O3/c1-25-21-31(39(50)43-35-18-16-33(42-2)17-19-35)13-20-36(25)28-7-3-26(4-8-28)22-32(23-37(49)29-9-5-27(24-41)6-10-29)40(51)44-34-14-11-30(12-15-34)38-45-47-48-46-38/h3-4,7-8,11-15,20-21,27,29,32-33,35,42H,5-6,9-10,16-19,22-24,41H2,1-2H3,(H,43,50)(H,44,51)(H,45,46,47,48)/t27?,29?,32-,33?,35?/m1/s1. The number of tetrazole rings is 1. The van der Waals surface area contributed by atoms with E-state index < -0.39 is 5.92 Å². The number of carbonyl (C=O) groups excluding carboxylic acids is 3. The molecule has 3 aromatic carbocycles. The van der Waals surface area contributed by atoms with Crippen LogP contribution in [0.25, 0.3) is 22.5 Å². The third-order valence-electron chi connectivity index (χ3n) is 10.9. The second kappa shape index (κ2) is 17.0. The first-order valence-corrected chi connectivity index (χ1v) is 18.3. The van der Waals surface area contributed by atoms with E-state index in [1.807, 2.05) is 56.4 Å². The van der Waals surface area contributed by atoms with Crippen LogP contribution in [0.1, 0.15) is 79.3 Å². The minimum absolute atomic E-state index is 0.0258. The summed E-state index contributed by atoms with van der Waals surface area (Å²) in [6, 6.07) is 22.1. The molecule has 2 saturated carbocycles. The summed E-state index contributed by atoms with van der Waals surface area (Å²) in [5, 5.41) is 23.7. The molecular formula is C40H50N8O3. The third kappa shape index (κ3) is 9.33. The number of aryl methyl sites for hydroxylation is 1. The average molecular weight is 691 g/mol. The molecule has 6 N–H and O–H groups in total. The van der Waals surface area contributed by atoms with E-state index in [-0.39, 0.29) is 36.0 Å². The fourth-order valence-electron chi connectivity index (χ4n) is 7.65. The molecule has 0 unspecified atom stereocenters. The number of anilines is 1. The fourth-order valence-corrected chi connectivity index (χ4v) is 7.65. The Morgan fingerprint density at radius 2 is 1.55 bits per heavy atom. The molecule has 0 saturated heterocycles. The summed E-state index contributed by atoms with van der Waals surface area (Å²) >= 11 is 0. The van der Waals surface area contributed by atoms with Gasteiger partial charge in [-0.3, -0.25) is 14.4 Å². The van der Waals surface area contributed by atoms with Gasteiger partial charge in [0.15, 0.2) is 0 Å². The Hall–Kier alpha value is -4.74. The van der Waals surface area contributed by atoms with Gasteiger partial charge in [-0.05, 0) is 148 Å². The molecule has 0 spiro atoms. The molecule has 1 heterocycles. The maximum absolute atomic E-state index is 13.8. The fraction of sp³-hybridized carbons (Fsp3) is 0.450. The Balaban J connectivity index is 1.12. The highest BCUT2D eigenvalue weighted by Gasteiger charge is 2.30. The number of aromatic nitrogens is 4. The van der Waals surface area contributed by atoms with E-state index in [9.17, 15) is 14.4 Å². The van der Waals surface area contributed by atoms with Crippen LogP contribution >= 0.6 is 0 Å². The Morgan fingerprint density at radius 1 is 0.863 bits per heavy atom. The number of nitrogens with zero attached hydrogens (tertiary/aromatic N) is 3. The number of amides is 2. The highest BCUT2D eigenvalue weighted by molar-refractivity contribution is 5.96. The number of carbonyl (C=O) groups is 3. The number of hydrogen-bond donors (Lipinski definition) is 5. The lowest BCUT2D eigenvalue weighted by Gasteiger charge is -2.28. The number of hydrogen-bond acceptors (Lipinski definition) is 8. The Bertz CT molecular complexity index is 1760. The van der Waals surface area contributed by atoms with Crippen molar-refractivity contribution in [1.29, 1.82) is 0 Å². The van der Waals surface area contributed by atoms with Crippen LogP contribution in [0.3, 0.4) is 0 Å². The number of nitrogens with one attached hydrogen (secondary N) is 4. The first kappa shape index (κ1) is 36.1. The van der Waals surface area contributed by atoms with Gasteiger partial charge in [-0.1, -0.05) is 30.3 Å².